The maximum Gasteiger partial charge on any atom is 0.240 e. The topological polar surface area (TPSA) is 162 Å². The molecule has 0 bridgehead atoms. The van der Waals surface area contributed by atoms with Crippen molar-refractivity contribution in [3.63, 3.8) is 0 Å². The molecule has 0 aromatic heterocycles. The number of nitrogens with two attached hydrogens (primary N) is 4. The summed E-state index contributed by atoms with van der Waals surface area (Å²) in [6.45, 7) is 2.62. The maximum absolute atomic E-state index is 11.9. The van der Waals surface area contributed by atoms with Crippen molar-refractivity contribution in [2.24, 2.45) is 22.9 Å². The molecule has 0 aliphatic carbocycles. The quantitative estimate of drug-likeness (QED) is 0.188. The van der Waals surface area contributed by atoms with Crippen LogP contribution in [-0.2, 0) is 9.59 Å². The van der Waals surface area contributed by atoms with Crippen LogP contribution in [0.5, 0.6) is 0 Å². The van der Waals surface area contributed by atoms with Crippen LogP contribution in [0.2, 0.25) is 0 Å². The van der Waals surface area contributed by atoms with E-state index in [1.165, 1.54) is 0 Å². The molecule has 0 aromatic rings. The predicted octanol–water partition coefficient (Wildman–Crippen LogP) is -1.57. The van der Waals surface area contributed by atoms with Crippen LogP contribution in [0.25, 0.3) is 0 Å². The van der Waals surface area contributed by atoms with Crippen LogP contribution in [0, 0.1) is 0 Å². The Morgan fingerprint density at radius 3 is 2.24 bits per heavy atom. The first-order chi connectivity index (χ1) is 9.88. The van der Waals surface area contributed by atoms with Crippen LogP contribution in [0.1, 0.15) is 45.4 Å². The molecule has 0 radical (unpaired) electrons. The minimum atomic E-state index is -0.717. The zero-order chi connectivity index (χ0) is 16.3. The van der Waals surface area contributed by atoms with Gasteiger partial charge in [0, 0.05) is 0 Å². The van der Waals surface area contributed by atoms with Crippen molar-refractivity contribution >= 4 is 11.8 Å². The molecular weight excluding hydrogens is 272 g/mol. The Morgan fingerprint density at radius 2 is 1.71 bits per heavy atom. The van der Waals surface area contributed by atoms with E-state index in [9.17, 15) is 9.59 Å². The summed E-state index contributed by atoms with van der Waals surface area (Å²) in [4.78, 5) is 23.2. The first-order valence-electron chi connectivity index (χ1n) is 7.48. The van der Waals surface area contributed by atoms with Gasteiger partial charge in [0.15, 0.2) is 0 Å². The highest BCUT2D eigenvalue weighted by Gasteiger charge is 2.21. The van der Waals surface area contributed by atoms with Gasteiger partial charge >= 0.3 is 0 Å². The number of carbonyl (C=O) groups is 2. The lowest BCUT2D eigenvalue weighted by atomic mass is 10.1. The second-order valence-corrected chi connectivity index (χ2v) is 5.19. The molecule has 8 nitrogen and oxygen atoms in total. The Hall–Kier alpha value is -1.22. The molecule has 0 aliphatic rings. The summed E-state index contributed by atoms with van der Waals surface area (Å²) in [5, 5.41) is 5.42. The van der Waals surface area contributed by atoms with Crippen LogP contribution in [0.3, 0.4) is 0 Å². The maximum atomic E-state index is 11.9. The van der Waals surface area contributed by atoms with Gasteiger partial charge in [-0.3, -0.25) is 14.9 Å². The number of primary amides is 1. The van der Waals surface area contributed by atoms with Gasteiger partial charge in [-0.1, -0.05) is 26.2 Å². The van der Waals surface area contributed by atoms with Gasteiger partial charge in [0.05, 0.1) is 6.04 Å². The van der Waals surface area contributed by atoms with E-state index in [4.69, 9.17) is 22.9 Å². The van der Waals surface area contributed by atoms with E-state index in [-0.39, 0.29) is 5.91 Å². The molecule has 0 saturated carbocycles. The van der Waals surface area contributed by atoms with Crippen LogP contribution in [0.15, 0.2) is 0 Å². The minimum Gasteiger partial charge on any atom is -0.368 e. The monoisotopic (exact) mass is 302 g/mol. The third-order valence-corrected chi connectivity index (χ3v) is 3.17. The number of nitrogens with one attached hydrogen (secondary N) is 2. The van der Waals surface area contributed by atoms with Gasteiger partial charge in [-0.05, 0) is 25.8 Å². The molecule has 0 aromatic carbocycles. The average molecular weight is 302 g/mol. The highest BCUT2D eigenvalue weighted by molar-refractivity contribution is 5.88. The van der Waals surface area contributed by atoms with E-state index in [1.54, 1.807) is 0 Å². The van der Waals surface area contributed by atoms with E-state index in [0.717, 1.165) is 19.3 Å². The number of amides is 2. The summed E-state index contributed by atoms with van der Waals surface area (Å²) in [6.07, 6.45) is 4.03. The number of rotatable bonds is 12. The van der Waals surface area contributed by atoms with Crippen LogP contribution in [0.4, 0.5) is 0 Å². The fraction of sp³-hybridized carbons (Fsp3) is 0.846. The second kappa shape index (κ2) is 11.4. The second-order valence-electron chi connectivity index (χ2n) is 5.19. The highest BCUT2D eigenvalue weighted by atomic mass is 16.2. The van der Waals surface area contributed by atoms with E-state index in [2.05, 4.69) is 17.6 Å². The largest absolute Gasteiger partial charge is 0.368 e. The van der Waals surface area contributed by atoms with Crippen molar-refractivity contribution in [2.75, 3.05) is 6.54 Å². The van der Waals surface area contributed by atoms with Crippen molar-refractivity contribution in [1.82, 2.24) is 10.6 Å². The third-order valence-electron chi connectivity index (χ3n) is 3.17. The molecule has 124 valence electrons. The number of hydrogen-bond donors (Lipinski definition) is 6. The number of carbonyl (C=O) groups excluding carboxylic acids is 2. The summed E-state index contributed by atoms with van der Waals surface area (Å²) in [7, 11) is 0. The predicted molar refractivity (Wildman–Crippen MR) is 82.6 cm³/mol. The van der Waals surface area contributed by atoms with Gasteiger partial charge < -0.3 is 28.3 Å². The van der Waals surface area contributed by atoms with Crippen molar-refractivity contribution in [3.8, 4) is 0 Å². The van der Waals surface area contributed by atoms with Crippen LogP contribution >= 0.6 is 0 Å². The molecule has 2 amide bonds. The zero-order valence-corrected chi connectivity index (χ0v) is 12.8. The third kappa shape index (κ3) is 10.2. The highest BCUT2D eigenvalue weighted by Crippen LogP contribution is 2.03. The summed E-state index contributed by atoms with van der Waals surface area (Å²) in [5.74, 6) is -0.903. The summed E-state index contributed by atoms with van der Waals surface area (Å²) >= 11 is 0. The van der Waals surface area contributed by atoms with Crippen molar-refractivity contribution in [2.45, 2.75) is 63.8 Å². The van der Waals surface area contributed by atoms with Gasteiger partial charge in [-0.2, -0.15) is 0 Å². The lowest BCUT2D eigenvalue weighted by Crippen LogP contribution is -2.51. The first-order valence-corrected chi connectivity index (χ1v) is 7.48. The van der Waals surface area contributed by atoms with Gasteiger partial charge in [0.2, 0.25) is 11.8 Å². The molecule has 0 spiro atoms. The number of unbranched alkanes of at least 4 members (excludes halogenated alkanes) is 2. The fourth-order valence-electron chi connectivity index (χ4n) is 1.88. The molecule has 21 heavy (non-hydrogen) atoms. The molecule has 0 aliphatic heterocycles. The zero-order valence-electron chi connectivity index (χ0n) is 12.8. The van der Waals surface area contributed by atoms with Gasteiger partial charge in [0.25, 0.3) is 0 Å². The molecule has 0 fully saturated rings. The normalized spacial score (nSPS) is 14.0. The molecule has 8 heteroatoms. The van der Waals surface area contributed by atoms with Gasteiger partial charge in [-0.25, -0.2) is 0 Å². The SMILES string of the molecule is CCCCCC(N)C(=O)NC(CCCNC(N)N)C(N)=O. The standard InChI is InChI=1S/C13H30N6O2/c1-2-3-4-6-9(14)12(21)19-10(11(15)20)7-5-8-18-13(16)17/h9-10,13,18H,2-8,14,16-17H2,1H3,(H2,15,20)(H,19,21). The van der Waals surface area contributed by atoms with Crippen molar-refractivity contribution < 1.29 is 9.59 Å². The van der Waals surface area contributed by atoms with Crippen molar-refractivity contribution in [1.29, 1.82) is 0 Å². The minimum absolute atomic E-state index is 0.335. The summed E-state index contributed by atoms with van der Waals surface area (Å²) in [5.41, 5.74) is 21.7. The van der Waals surface area contributed by atoms with E-state index in [0.29, 0.717) is 25.8 Å². The molecule has 0 rings (SSSR count). The van der Waals surface area contributed by atoms with Gasteiger partial charge in [-0.15, -0.1) is 0 Å². The summed E-state index contributed by atoms with van der Waals surface area (Å²) in [6, 6.07) is -1.32. The van der Waals surface area contributed by atoms with Crippen LogP contribution < -0.4 is 33.6 Å². The molecule has 10 N–H and O–H groups in total. The first kappa shape index (κ1) is 19.8. The van der Waals surface area contributed by atoms with E-state index in [1.807, 2.05) is 0 Å². The molecular formula is C13H30N6O2. The lowest BCUT2D eigenvalue weighted by Gasteiger charge is -2.19. The number of hydrogen-bond acceptors (Lipinski definition) is 6. The smallest absolute Gasteiger partial charge is 0.240 e. The van der Waals surface area contributed by atoms with Gasteiger partial charge in [0.1, 0.15) is 12.3 Å². The summed E-state index contributed by atoms with van der Waals surface area (Å²) < 4.78 is 0. The molecule has 0 saturated heterocycles. The van der Waals surface area contributed by atoms with Crippen LogP contribution in [-0.4, -0.2) is 36.7 Å². The van der Waals surface area contributed by atoms with Crippen molar-refractivity contribution in [3.05, 3.63) is 0 Å². The molecule has 0 heterocycles. The fourth-order valence-corrected chi connectivity index (χ4v) is 1.88. The average Bonchev–Trinajstić information content (AvgIpc) is 2.41. The Kier molecular flexibility index (Phi) is 10.8. The van der Waals surface area contributed by atoms with E-state index < -0.39 is 24.3 Å². The Labute approximate surface area is 126 Å². The Morgan fingerprint density at radius 1 is 1.05 bits per heavy atom. The lowest BCUT2D eigenvalue weighted by molar-refractivity contribution is -0.128. The Bertz CT molecular complexity index is 311. The van der Waals surface area contributed by atoms with E-state index >= 15 is 0 Å². The molecule has 2 atom stereocenters. The molecule has 2 unspecified atom stereocenters. The Balaban J connectivity index is 4.11.